The summed E-state index contributed by atoms with van der Waals surface area (Å²) in [6.45, 7) is 5.24. The Kier molecular flexibility index (Phi) is 6.14. The number of ether oxygens (including phenoxy) is 1. The minimum atomic E-state index is -0.0335. The normalized spacial score (nSPS) is 10.9. The highest BCUT2D eigenvalue weighted by Gasteiger charge is 2.13. The summed E-state index contributed by atoms with van der Waals surface area (Å²) in [6.07, 6.45) is 1.87. The fourth-order valence-electron chi connectivity index (χ4n) is 2.99. The van der Waals surface area contributed by atoms with Gasteiger partial charge in [-0.3, -0.25) is 9.48 Å². The molecule has 3 rings (SSSR count). The second kappa shape index (κ2) is 8.74. The third kappa shape index (κ3) is 5.00. The van der Waals surface area contributed by atoms with Crippen molar-refractivity contribution in [3.63, 3.8) is 0 Å². The Bertz CT molecular complexity index is 929. The van der Waals surface area contributed by atoms with Gasteiger partial charge in [0.1, 0.15) is 12.4 Å². The molecule has 5 heteroatoms. The van der Waals surface area contributed by atoms with Gasteiger partial charge in [-0.25, -0.2) is 0 Å². The zero-order chi connectivity index (χ0) is 20.1. The molecule has 0 spiro atoms. The van der Waals surface area contributed by atoms with Gasteiger partial charge < -0.3 is 9.64 Å². The Balaban J connectivity index is 1.61. The molecule has 0 aliphatic rings. The quantitative estimate of drug-likeness (QED) is 0.613. The lowest BCUT2D eigenvalue weighted by Crippen LogP contribution is -2.26. The summed E-state index contributed by atoms with van der Waals surface area (Å²) >= 11 is 0. The van der Waals surface area contributed by atoms with Crippen LogP contribution in [0.4, 0.5) is 0 Å². The molecule has 0 bridgehead atoms. The number of carbonyl (C=O) groups is 1. The molecule has 0 unspecified atom stereocenters. The van der Waals surface area contributed by atoms with Crippen LogP contribution in [0.3, 0.4) is 0 Å². The average Bonchev–Trinajstić information content (AvgIpc) is 3.10. The molecular weight excluding hydrogens is 350 g/mol. The average molecular weight is 377 g/mol. The van der Waals surface area contributed by atoms with Gasteiger partial charge in [-0.05, 0) is 47.4 Å². The summed E-state index contributed by atoms with van der Waals surface area (Å²) in [5.41, 5.74) is 3.76. The van der Waals surface area contributed by atoms with Crippen molar-refractivity contribution in [3.05, 3.63) is 83.2 Å². The standard InChI is InChI=1S/C23H27N3O2/c1-17(2)19-8-10-22(11-9-19)28-16-18-6-5-7-20(14-18)23(27)25(3)15-21-12-13-26(4)24-21/h5-14,17H,15-16H2,1-4H3. The number of aromatic nitrogens is 2. The highest BCUT2D eigenvalue weighted by atomic mass is 16.5. The first-order valence-electron chi connectivity index (χ1n) is 9.48. The second-order valence-electron chi connectivity index (χ2n) is 7.35. The Morgan fingerprint density at radius 2 is 1.89 bits per heavy atom. The predicted molar refractivity (Wildman–Crippen MR) is 110 cm³/mol. The van der Waals surface area contributed by atoms with Crippen LogP contribution in [0.1, 0.15) is 46.9 Å². The van der Waals surface area contributed by atoms with E-state index in [2.05, 4.69) is 31.1 Å². The predicted octanol–water partition coefficient (Wildman–Crippen LogP) is 4.39. The van der Waals surface area contributed by atoms with Gasteiger partial charge in [-0.15, -0.1) is 0 Å². The fraction of sp³-hybridized carbons (Fsp3) is 0.304. The van der Waals surface area contributed by atoms with Gasteiger partial charge in [0, 0.05) is 25.9 Å². The van der Waals surface area contributed by atoms with Crippen LogP contribution in [-0.2, 0) is 20.2 Å². The number of carbonyl (C=O) groups excluding carboxylic acids is 1. The number of amides is 1. The molecule has 0 atom stereocenters. The van der Waals surface area contributed by atoms with Crippen molar-refractivity contribution in [2.24, 2.45) is 7.05 Å². The Morgan fingerprint density at radius 3 is 2.54 bits per heavy atom. The van der Waals surface area contributed by atoms with Gasteiger partial charge in [-0.2, -0.15) is 5.10 Å². The maximum Gasteiger partial charge on any atom is 0.253 e. The molecule has 0 fully saturated rings. The number of benzene rings is 2. The molecule has 0 saturated carbocycles. The van der Waals surface area contributed by atoms with Crippen LogP contribution in [0.15, 0.2) is 60.8 Å². The van der Waals surface area contributed by atoms with Gasteiger partial charge in [0.05, 0.1) is 12.2 Å². The first kappa shape index (κ1) is 19.7. The molecule has 3 aromatic rings. The van der Waals surface area contributed by atoms with Crippen molar-refractivity contribution < 1.29 is 9.53 Å². The van der Waals surface area contributed by atoms with Crippen LogP contribution < -0.4 is 4.74 Å². The topological polar surface area (TPSA) is 47.4 Å². The minimum Gasteiger partial charge on any atom is -0.489 e. The van der Waals surface area contributed by atoms with Crippen molar-refractivity contribution in [1.82, 2.24) is 14.7 Å². The minimum absolute atomic E-state index is 0.0335. The molecule has 146 valence electrons. The molecule has 0 radical (unpaired) electrons. The molecule has 0 N–H and O–H groups in total. The van der Waals surface area contributed by atoms with Crippen LogP contribution in [0.25, 0.3) is 0 Å². The molecule has 2 aromatic carbocycles. The summed E-state index contributed by atoms with van der Waals surface area (Å²) in [6, 6.07) is 17.7. The van der Waals surface area contributed by atoms with Crippen molar-refractivity contribution in [2.75, 3.05) is 7.05 Å². The number of nitrogens with zero attached hydrogens (tertiary/aromatic N) is 3. The van der Waals surface area contributed by atoms with Crippen molar-refractivity contribution in [1.29, 1.82) is 0 Å². The monoisotopic (exact) mass is 377 g/mol. The first-order valence-corrected chi connectivity index (χ1v) is 9.48. The van der Waals surface area contributed by atoms with Crippen molar-refractivity contribution in [3.8, 4) is 5.75 Å². The zero-order valence-corrected chi connectivity index (χ0v) is 16.9. The van der Waals surface area contributed by atoms with E-state index in [1.54, 1.807) is 16.6 Å². The maximum atomic E-state index is 12.7. The van der Waals surface area contributed by atoms with E-state index in [0.29, 0.717) is 24.6 Å². The summed E-state index contributed by atoms with van der Waals surface area (Å²) in [5, 5.41) is 4.33. The number of aryl methyl sites for hydroxylation is 1. The van der Waals surface area contributed by atoms with Crippen LogP contribution in [0.5, 0.6) is 5.75 Å². The number of hydrogen-bond acceptors (Lipinski definition) is 3. The first-order chi connectivity index (χ1) is 13.4. The Morgan fingerprint density at radius 1 is 1.14 bits per heavy atom. The summed E-state index contributed by atoms with van der Waals surface area (Å²) in [4.78, 5) is 14.4. The van der Waals surface area contributed by atoms with Gasteiger partial charge in [0.15, 0.2) is 0 Å². The molecular formula is C23H27N3O2. The van der Waals surface area contributed by atoms with E-state index in [0.717, 1.165) is 17.0 Å². The second-order valence-corrected chi connectivity index (χ2v) is 7.35. The third-order valence-corrected chi connectivity index (χ3v) is 4.64. The Hall–Kier alpha value is -3.08. The lowest BCUT2D eigenvalue weighted by atomic mass is 10.0. The van der Waals surface area contributed by atoms with E-state index >= 15 is 0 Å². The van der Waals surface area contributed by atoms with E-state index in [1.165, 1.54) is 5.56 Å². The molecule has 1 amide bonds. The summed E-state index contributed by atoms with van der Waals surface area (Å²) in [7, 11) is 3.65. The zero-order valence-electron chi connectivity index (χ0n) is 16.9. The molecule has 0 aliphatic carbocycles. The molecule has 0 saturated heterocycles. The SMILES string of the molecule is CC(C)c1ccc(OCc2cccc(C(=O)N(C)Cc3ccn(C)n3)c2)cc1. The Labute approximate surface area is 166 Å². The highest BCUT2D eigenvalue weighted by Crippen LogP contribution is 2.20. The van der Waals surface area contributed by atoms with Gasteiger partial charge in [0.25, 0.3) is 5.91 Å². The van der Waals surface area contributed by atoms with E-state index in [9.17, 15) is 4.79 Å². The van der Waals surface area contributed by atoms with Crippen molar-refractivity contribution in [2.45, 2.75) is 32.9 Å². The third-order valence-electron chi connectivity index (χ3n) is 4.64. The van der Waals surface area contributed by atoms with E-state index in [1.807, 2.05) is 55.7 Å². The van der Waals surface area contributed by atoms with E-state index in [-0.39, 0.29) is 5.91 Å². The maximum absolute atomic E-state index is 12.7. The molecule has 1 heterocycles. The molecule has 5 nitrogen and oxygen atoms in total. The summed E-state index contributed by atoms with van der Waals surface area (Å²) in [5.74, 6) is 1.29. The highest BCUT2D eigenvalue weighted by molar-refractivity contribution is 5.94. The van der Waals surface area contributed by atoms with Gasteiger partial charge >= 0.3 is 0 Å². The largest absolute Gasteiger partial charge is 0.489 e. The van der Waals surface area contributed by atoms with E-state index in [4.69, 9.17) is 4.74 Å². The fourth-order valence-corrected chi connectivity index (χ4v) is 2.99. The number of rotatable bonds is 7. The lowest BCUT2D eigenvalue weighted by molar-refractivity contribution is 0.0783. The summed E-state index contributed by atoms with van der Waals surface area (Å²) < 4.78 is 7.62. The van der Waals surface area contributed by atoms with Gasteiger partial charge in [0.2, 0.25) is 0 Å². The van der Waals surface area contributed by atoms with Crippen LogP contribution in [0, 0.1) is 0 Å². The lowest BCUT2D eigenvalue weighted by Gasteiger charge is -2.16. The van der Waals surface area contributed by atoms with Crippen LogP contribution in [0.2, 0.25) is 0 Å². The van der Waals surface area contributed by atoms with Crippen molar-refractivity contribution >= 4 is 5.91 Å². The van der Waals surface area contributed by atoms with Gasteiger partial charge in [-0.1, -0.05) is 38.1 Å². The molecule has 1 aromatic heterocycles. The number of hydrogen-bond donors (Lipinski definition) is 0. The smallest absolute Gasteiger partial charge is 0.253 e. The molecule has 0 aliphatic heterocycles. The van der Waals surface area contributed by atoms with E-state index < -0.39 is 0 Å². The van der Waals surface area contributed by atoms with Crippen LogP contribution >= 0.6 is 0 Å². The molecule has 28 heavy (non-hydrogen) atoms. The van der Waals surface area contributed by atoms with Crippen LogP contribution in [-0.4, -0.2) is 27.6 Å².